The van der Waals surface area contributed by atoms with E-state index in [1.54, 1.807) is 0 Å². The zero-order valence-corrected chi connectivity index (χ0v) is 12.8. The van der Waals surface area contributed by atoms with Crippen molar-refractivity contribution in [3.05, 3.63) is 47.2 Å². The molecule has 0 aromatic carbocycles. The van der Waals surface area contributed by atoms with Gasteiger partial charge in [-0.1, -0.05) is 0 Å². The fraction of sp³-hybridized carbons (Fsp3) is 0.312. The van der Waals surface area contributed by atoms with Crippen LogP contribution in [0.15, 0.2) is 24.5 Å². The predicted octanol–water partition coefficient (Wildman–Crippen LogP) is 2.94. The van der Waals surface area contributed by atoms with Gasteiger partial charge in [0.25, 0.3) is 0 Å². The van der Waals surface area contributed by atoms with E-state index >= 15 is 0 Å². The Balaban J connectivity index is 2.30. The van der Waals surface area contributed by atoms with Crippen molar-refractivity contribution < 1.29 is 0 Å². The first-order valence-corrected chi connectivity index (χ1v) is 7.01. The first-order valence-electron chi connectivity index (χ1n) is 7.01. The van der Waals surface area contributed by atoms with Gasteiger partial charge in [0.1, 0.15) is 17.3 Å². The zero-order chi connectivity index (χ0) is 15.1. The molecule has 0 radical (unpaired) electrons. The summed E-state index contributed by atoms with van der Waals surface area (Å²) >= 11 is 0. The summed E-state index contributed by atoms with van der Waals surface area (Å²) in [5.41, 5.74) is 10.5. The Bertz CT molecular complexity index is 805. The number of hydrogen-bond donors (Lipinski definition) is 1. The number of aromatic nitrogens is 4. The number of anilines is 1. The van der Waals surface area contributed by atoms with Crippen LogP contribution in [0.4, 0.5) is 5.82 Å². The van der Waals surface area contributed by atoms with Crippen molar-refractivity contribution in [2.45, 2.75) is 33.7 Å². The molecule has 0 amide bonds. The van der Waals surface area contributed by atoms with Crippen molar-refractivity contribution in [2.75, 3.05) is 5.73 Å². The summed E-state index contributed by atoms with van der Waals surface area (Å²) in [4.78, 5) is 13.0. The van der Waals surface area contributed by atoms with Crippen LogP contribution in [-0.2, 0) is 0 Å². The second-order valence-corrected chi connectivity index (χ2v) is 5.39. The molecule has 3 aromatic rings. The minimum absolute atomic E-state index is 0.165. The fourth-order valence-electron chi connectivity index (χ4n) is 2.90. The van der Waals surface area contributed by atoms with Gasteiger partial charge in [-0.15, -0.1) is 0 Å². The summed E-state index contributed by atoms with van der Waals surface area (Å²) in [5, 5.41) is 0.957. The molecule has 0 bridgehead atoms. The van der Waals surface area contributed by atoms with E-state index in [4.69, 9.17) is 5.73 Å². The Morgan fingerprint density at radius 3 is 2.43 bits per heavy atom. The molecule has 0 spiro atoms. The highest BCUT2D eigenvalue weighted by Crippen LogP contribution is 2.32. The van der Waals surface area contributed by atoms with Crippen LogP contribution in [0, 0.1) is 20.8 Å². The van der Waals surface area contributed by atoms with Crippen molar-refractivity contribution in [3.63, 3.8) is 0 Å². The van der Waals surface area contributed by atoms with Gasteiger partial charge in [-0.25, -0.2) is 9.97 Å². The average molecular weight is 281 g/mol. The summed E-state index contributed by atoms with van der Waals surface area (Å²) in [6, 6.07) is 4.23. The fourth-order valence-corrected chi connectivity index (χ4v) is 2.90. The summed E-state index contributed by atoms with van der Waals surface area (Å²) in [6.45, 7) is 8.20. The minimum Gasteiger partial charge on any atom is -0.383 e. The molecule has 0 aliphatic carbocycles. The second kappa shape index (κ2) is 4.84. The Kier molecular flexibility index (Phi) is 3.12. The number of pyridine rings is 1. The predicted molar refractivity (Wildman–Crippen MR) is 84.2 cm³/mol. The van der Waals surface area contributed by atoms with Gasteiger partial charge >= 0.3 is 0 Å². The van der Waals surface area contributed by atoms with E-state index in [9.17, 15) is 0 Å². The zero-order valence-electron chi connectivity index (χ0n) is 12.8. The van der Waals surface area contributed by atoms with Gasteiger partial charge in [0.15, 0.2) is 0 Å². The molecule has 0 saturated carbocycles. The second-order valence-electron chi connectivity index (χ2n) is 5.39. The summed E-state index contributed by atoms with van der Waals surface area (Å²) < 4.78 is 2.23. The molecule has 1 unspecified atom stereocenters. The molecule has 0 saturated heterocycles. The Labute approximate surface area is 123 Å². The SMILES string of the molecule is Cc1nc(N)c2c(C)c(C)n(C(C)c3ccncc3)c2n1. The van der Waals surface area contributed by atoms with Crippen molar-refractivity contribution in [2.24, 2.45) is 0 Å². The number of aryl methyl sites for hydroxylation is 2. The van der Waals surface area contributed by atoms with Crippen molar-refractivity contribution in [1.29, 1.82) is 0 Å². The van der Waals surface area contributed by atoms with Crippen molar-refractivity contribution in [1.82, 2.24) is 19.5 Å². The number of rotatable bonds is 2. The third-order valence-electron chi connectivity index (χ3n) is 4.11. The normalized spacial score (nSPS) is 12.8. The van der Waals surface area contributed by atoms with Gasteiger partial charge in [-0.05, 0) is 51.0 Å². The number of hydrogen-bond acceptors (Lipinski definition) is 4. The third kappa shape index (κ3) is 2.05. The van der Waals surface area contributed by atoms with E-state index in [-0.39, 0.29) is 6.04 Å². The lowest BCUT2D eigenvalue weighted by atomic mass is 10.1. The summed E-state index contributed by atoms with van der Waals surface area (Å²) in [5.74, 6) is 1.25. The molecule has 0 aliphatic heterocycles. The Morgan fingerprint density at radius 2 is 1.76 bits per heavy atom. The maximum absolute atomic E-state index is 6.10. The van der Waals surface area contributed by atoms with Crippen LogP contribution >= 0.6 is 0 Å². The smallest absolute Gasteiger partial charge is 0.146 e. The van der Waals surface area contributed by atoms with Gasteiger partial charge in [-0.3, -0.25) is 4.98 Å². The molecule has 108 valence electrons. The maximum atomic E-state index is 6.10. The van der Waals surface area contributed by atoms with Crippen molar-refractivity contribution >= 4 is 16.9 Å². The highest BCUT2D eigenvalue weighted by atomic mass is 15.1. The van der Waals surface area contributed by atoms with E-state index in [2.05, 4.69) is 40.3 Å². The molecular weight excluding hydrogens is 262 g/mol. The molecule has 0 fully saturated rings. The van der Waals surface area contributed by atoms with Crippen LogP contribution < -0.4 is 5.73 Å². The molecule has 0 aliphatic rings. The molecule has 5 nitrogen and oxygen atoms in total. The molecule has 2 N–H and O–H groups in total. The van der Waals surface area contributed by atoms with Crippen LogP contribution in [0.5, 0.6) is 0 Å². The highest BCUT2D eigenvalue weighted by molar-refractivity contribution is 5.91. The first kappa shape index (κ1) is 13.5. The molecular formula is C16H19N5. The molecule has 3 heterocycles. The maximum Gasteiger partial charge on any atom is 0.146 e. The van der Waals surface area contributed by atoms with Gasteiger partial charge < -0.3 is 10.3 Å². The highest BCUT2D eigenvalue weighted by Gasteiger charge is 2.20. The van der Waals surface area contributed by atoms with E-state index in [1.807, 2.05) is 31.5 Å². The van der Waals surface area contributed by atoms with Crippen LogP contribution in [-0.4, -0.2) is 19.5 Å². The molecule has 1 atom stereocenters. The van der Waals surface area contributed by atoms with E-state index < -0.39 is 0 Å². The van der Waals surface area contributed by atoms with Crippen LogP contribution in [0.2, 0.25) is 0 Å². The quantitative estimate of drug-likeness (QED) is 0.784. The number of nitrogens with zero attached hydrogens (tertiary/aromatic N) is 4. The van der Waals surface area contributed by atoms with Crippen LogP contribution in [0.3, 0.4) is 0 Å². The molecule has 3 rings (SSSR count). The Morgan fingerprint density at radius 1 is 1.10 bits per heavy atom. The lowest BCUT2D eigenvalue weighted by molar-refractivity contribution is 0.637. The van der Waals surface area contributed by atoms with Gasteiger partial charge in [0.05, 0.1) is 11.4 Å². The Hall–Kier alpha value is -2.43. The number of nitrogens with two attached hydrogens (primary N) is 1. The molecule has 3 aromatic heterocycles. The molecule has 21 heavy (non-hydrogen) atoms. The van der Waals surface area contributed by atoms with E-state index in [0.29, 0.717) is 11.6 Å². The topological polar surface area (TPSA) is 69.6 Å². The van der Waals surface area contributed by atoms with E-state index in [1.165, 1.54) is 11.3 Å². The summed E-state index contributed by atoms with van der Waals surface area (Å²) in [7, 11) is 0. The average Bonchev–Trinajstić information content (AvgIpc) is 2.71. The monoisotopic (exact) mass is 281 g/mol. The third-order valence-corrected chi connectivity index (χ3v) is 4.11. The van der Waals surface area contributed by atoms with Gasteiger partial charge in [0, 0.05) is 18.1 Å². The summed E-state index contributed by atoms with van der Waals surface area (Å²) in [6.07, 6.45) is 3.63. The van der Waals surface area contributed by atoms with Gasteiger partial charge in [0.2, 0.25) is 0 Å². The van der Waals surface area contributed by atoms with Crippen LogP contribution in [0.1, 0.15) is 35.6 Å². The lowest BCUT2D eigenvalue weighted by Gasteiger charge is -2.17. The van der Waals surface area contributed by atoms with Crippen molar-refractivity contribution in [3.8, 4) is 0 Å². The largest absolute Gasteiger partial charge is 0.383 e. The minimum atomic E-state index is 0.165. The number of nitrogen functional groups attached to an aromatic ring is 1. The van der Waals surface area contributed by atoms with E-state index in [0.717, 1.165) is 16.6 Å². The first-order chi connectivity index (χ1) is 10.0. The lowest BCUT2D eigenvalue weighted by Crippen LogP contribution is -2.10. The standard InChI is InChI=1S/C16H19N5/c1-9-10(2)21(11(3)13-5-7-18-8-6-13)16-14(9)15(17)19-12(4)20-16/h5-8,11H,1-4H3,(H2,17,19,20). The van der Waals surface area contributed by atoms with Crippen LogP contribution in [0.25, 0.3) is 11.0 Å². The molecule has 5 heteroatoms. The number of fused-ring (bicyclic) bond motifs is 1. The van der Waals surface area contributed by atoms with Gasteiger partial charge in [-0.2, -0.15) is 0 Å².